The first-order valence-corrected chi connectivity index (χ1v) is 8.56. The lowest BCUT2D eigenvalue weighted by Gasteiger charge is -2.34. The normalized spacial score (nSPS) is 15.2. The van der Waals surface area contributed by atoms with Gasteiger partial charge in [-0.2, -0.15) is 0 Å². The maximum absolute atomic E-state index is 12.5. The van der Waals surface area contributed by atoms with Gasteiger partial charge in [0.15, 0.2) is 5.78 Å². The number of carbonyl (C=O) groups excluding carboxylic acids is 2. The van der Waals surface area contributed by atoms with Gasteiger partial charge in [-0.1, -0.05) is 12.1 Å². The molecule has 25 heavy (non-hydrogen) atoms. The van der Waals surface area contributed by atoms with E-state index in [1.165, 1.54) is 5.56 Å². The van der Waals surface area contributed by atoms with Crippen LogP contribution in [-0.2, 0) is 0 Å². The predicted molar refractivity (Wildman–Crippen MR) is 96.8 cm³/mol. The zero-order valence-corrected chi connectivity index (χ0v) is 14.7. The van der Waals surface area contributed by atoms with Crippen molar-refractivity contribution >= 4 is 11.7 Å². The highest BCUT2D eigenvalue weighted by Crippen LogP contribution is 2.12. The smallest absolute Gasteiger partial charge is 0.255 e. The molecule has 0 atom stereocenters. The second-order valence-electron chi connectivity index (χ2n) is 6.53. The van der Waals surface area contributed by atoms with Crippen molar-refractivity contribution in [2.75, 3.05) is 32.7 Å². The maximum atomic E-state index is 12.5. The molecule has 5 heteroatoms. The van der Waals surface area contributed by atoms with Crippen molar-refractivity contribution in [2.45, 2.75) is 13.8 Å². The number of hydrogen-bond donors (Lipinski definition) is 0. The van der Waals surface area contributed by atoms with Crippen LogP contribution in [0.4, 0.5) is 0 Å². The molecule has 0 unspecified atom stereocenters. The van der Waals surface area contributed by atoms with Crippen LogP contribution in [0.15, 0.2) is 42.7 Å². The van der Waals surface area contributed by atoms with Gasteiger partial charge in [0.25, 0.3) is 5.91 Å². The van der Waals surface area contributed by atoms with Gasteiger partial charge in [-0.05, 0) is 43.2 Å². The van der Waals surface area contributed by atoms with E-state index < -0.39 is 0 Å². The van der Waals surface area contributed by atoms with Crippen LogP contribution in [0.3, 0.4) is 0 Å². The van der Waals surface area contributed by atoms with Crippen molar-refractivity contribution in [1.29, 1.82) is 0 Å². The lowest BCUT2D eigenvalue weighted by atomic mass is 10.0. The number of ketones is 1. The van der Waals surface area contributed by atoms with Gasteiger partial charge in [-0.15, -0.1) is 0 Å². The van der Waals surface area contributed by atoms with E-state index in [2.05, 4.69) is 9.88 Å². The van der Waals surface area contributed by atoms with Crippen LogP contribution >= 0.6 is 0 Å². The van der Waals surface area contributed by atoms with Gasteiger partial charge in [-0.3, -0.25) is 19.5 Å². The molecular weight excluding hydrogens is 314 g/mol. The number of hydrogen-bond acceptors (Lipinski definition) is 4. The van der Waals surface area contributed by atoms with E-state index in [1.807, 2.05) is 36.9 Å². The summed E-state index contributed by atoms with van der Waals surface area (Å²) in [5.74, 6) is 0.142. The molecule has 2 heterocycles. The van der Waals surface area contributed by atoms with Crippen LogP contribution in [0.5, 0.6) is 0 Å². The van der Waals surface area contributed by atoms with E-state index >= 15 is 0 Å². The largest absolute Gasteiger partial charge is 0.336 e. The molecule has 1 saturated heterocycles. The Kier molecular flexibility index (Phi) is 5.24. The molecule has 3 rings (SSSR count). The van der Waals surface area contributed by atoms with E-state index in [-0.39, 0.29) is 11.7 Å². The summed E-state index contributed by atoms with van der Waals surface area (Å²) in [6.45, 7) is 7.15. The number of Topliss-reactive ketones (excluding diaryl/α,β-unsaturated/α-hetero) is 1. The third kappa shape index (κ3) is 4.12. The molecular formula is C20H23N3O2. The Balaban J connectivity index is 1.54. The van der Waals surface area contributed by atoms with Gasteiger partial charge < -0.3 is 4.90 Å². The third-order valence-electron chi connectivity index (χ3n) is 4.76. The first-order chi connectivity index (χ1) is 12.0. The predicted octanol–water partition coefficient (Wildman–Crippen LogP) is 2.34. The number of amides is 1. The second-order valence-corrected chi connectivity index (χ2v) is 6.53. The average molecular weight is 337 g/mol. The fourth-order valence-corrected chi connectivity index (χ4v) is 2.99. The van der Waals surface area contributed by atoms with Crippen LogP contribution in [0, 0.1) is 13.8 Å². The van der Waals surface area contributed by atoms with Gasteiger partial charge >= 0.3 is 0 Å². The fraction of sp³-hybridized carbons (Fsp3) is 0.350. The lowest BCUT2D eigenvalue weighted by molar-refractivity contribution is 0.0624. The van der Waals surface area contributed by atoms with Gasteiger partial charge in [-0.25, -0.2) is 0 Å². The molecule has 1 aliphatic heterocycles. The topological polar surface area (TPSA) is 53.5 Å². The monoisotopic (exact) mass is 337 g/mol. The summed E-state index contributed by atoms with van der Waals surface area (Å²) in [5.41, 5.74) is 3.70. The number of aryl methyl sites for hydroxylation is 2. The molecule has 5 nitrogen and oxygen atoms in total. The average Bonchev–Trinajstić information content (AvgIpc) is 2.64. The Morgan fingerprint density at radius 2 is 1.76 bits per heavy atom. The Morgan fingerprint density at radius 3 is 2.40 bits per heavy atom. The first kappa shape index (κ1) is 17.3. The second kappa shape index (κ2) is 7.57. The molecule has 0 bridgehead atoms. The number of carbonyl (C=O) groups is 2. The van der Waals surface area contributed by atoms with Crippen LogP contribution in [0.25, 0.3) is 0 Å². The minimum absolute atomic E-state index is 0.00763. The molecule has 0 spiro atoms. The minimum Gasteiger partial charge on any atom is -0.336 e. The maximum Gasteiger partial charge on any atom is 0.255 e. The van der Waals surface area contributed by atoms with Crippen molar-refractivity contribution in [2.24, 2.45) is 0 Å². The summed E-state index contributed by atoms with van der Waals surface area (Å²) in [4.78, 5) is 32.8. The van der Waals surface area contributed by atoms with Crippen LogP contribution in [0.1, 0.15) is 31.8 Å². The molecule has 1 fully saturated rings. The minimum atomic E-state index is 0.00763. The van der Waals surface area contributed by atoms with Gasteiger partial charge in [0.1, 0.15) is 0 Å². The highest BCUT2D eigenvalue weighted by Gasteiger charge is 2.23. The zero-order valence-electron chi connectivity index (χ0n) is 14.7. The van der Waals surface area contributed by atoms with Crippen LogP contribution in [0.2, 0.25) is 0 Å². The Bertz CT molecular complexity index is 766. The highest BCUT2D eigenvalue weighted by molar-refractivity contribution is 5.98. The molecule has 0 radical (unpaired) electrons. The lowest BCUT2D eigenvalue weighted by Crippen LogP contribution is -2.49. The first-order valence-electron chi connectivity index (χ1n) is 8.56. The van der Waals surface area contributed by atoms with Crippen LogP contribution in [-0.4, -0.2) is 59.2 Å². The molecule has 0 saturated carbocycles. The fourth-order valence-electron chi connectivity index (χ4n) is 2.99. The summed E-state index contributed by atoms with van der Waals surface area (Å²) in [5, 5.41) is 0. The van der Waals surface area contributed by atoms with E-state index in [4.69, 9.17) is 0 Å². The third-order valence-corrected chi connectivity index (χ3v) is 4.76. The SMILES string of the molecule is Cc1ccc(C(=O)CN2CCN(C(=O)c3cccnc3)CC2)cc1C. The Morgan fingerprint density at radius 1 is 1.00 bits per heavy atom. The summed E-state index contributed by atoms with van der Waals surface area (Å²) < 4.78 is 0. The highest BCUT2D eigenvalue weighted by atomic mass is 16.2. The quantitative estimate of drug-likeness (QED) is 0.804. The van der Waals surface area contributed by atoms with Crippen molar-refractivity contribution in [3.8, 4) is 0 Å². The number of nitrogens with zero attached hydrogens (tertiary/aromatic N) is 3. The van der Waals surface area contributed by atoms with Gasteiger partial charge in [0.2, 0.25) is 0 Å². The number of pyridine rings is 1. The van der Waals surface area contributed by atoms with Crippen molar-refractivity contribution in [3.05, 3.63) is 65.0 Å². The van der Waals surface area contributed by atoms with Crippen molar-refractivity contribution in [1.82, 2.24) is 14.8 Å². The molecule has 1 aromatic carbocycles. The summed E-state index contributed by atoms with van der Waals surface area (Å²) >= 11 is 0. The molecule has 2 aromatic rings. The molecule has 1 amide bonds. The summed E-state index contributed by atoms with van der Waals surface area (Å²) in [6.07, 6.45) is 3.26. The van der Waals surface area contributed by atoms with Gasteiger partial charge in [0, 0.05) is 44.1 Å². The number of aromatic nitrogens is 1. The summed E-state index contributed by atoms with van der Waals surface area (Å²) in [6, 6.07) is 9.40. The Hall–Kier alpha value is -2.53. The molecule has 0 aliphatic carbocycles. The van der Waals surface area contributed by atoms with Crippen molar-refractivity contribution in [3.63, 3.8) is 0 Å². The zero-order chi connectivity index (χ0) is 17.8. The molecule has 1 aromatic heterocycles. The molecule has 1 aliphatic rings. The van der Waals surface area contributed by atoms with E-state index in [9.17, 15) is 9.59 Å². The van der Waals surface area contributed by atoms with E-state index in [0.717, 1.165) is 11.1 Å². The Labute approximate surface area is 148 Å². The molecule has 0 N–H and O–H groups in total. The standard InChI is InChI=1S/C20H23N3O2/c1-15-5-6-17(12-16(15)2)19(24)14-22-8-10-23(11-9-22)20(25)18-4-3-7-21-13-18/h3-7,12-13H,8-11,14H2,1-2H3. The van der Waals surface area contributed by atoms with Crippen molar-refractivity contribution < 1.29 is 9.59 Å². The van der Waals surface area contributed by atoms with Gasteiger partial charge in [0.05, 0.1) is 12.1 Å². The number of benzene rings is 1. The van der Waals surface area contributed by atoms with Crippen LogP contribution < -0.4 is 0 Å². The van der Waals surface area contributed by atoms with E-state index in [0.29, 0.717) is 38.3 Å². The number of piperazine rings is 1. The van der Waals surface area contributed by atoms with E-state index in [1.54, 1.807) is 24.5 Å². The molecule has 130 valence electrons. The summed E-state index contributed by atoms with van der Waals surface area (Å²) in [7, 11) is 0. The number of rotatable bonds is 4.